The lowest BCUT2D eigenvalue weighted by atomic mass is 9.95. The van der Waals surface area contributed by atoms with Gasteiger partial charge in [0.1, 0.15) is 18.0 Å². The van der Waals surface area contributed by atoms with Gasteiger partial charge < -0.3 is 14.8 Å². The number of nitrogens with zero attached hydrogens (tertiary/aromatic N) is 1. The van der Waals surface area contributed by atoms with E-state index in [1.165, 1.54) is 26.4 Å². The molecular weight excluding hydrogens is 500 g/mol. The van der Waals surface area contributed by atoms with E-state index in [4.69, 9.17) is 9.47 Å². The van der Waals surface area contributed by atoms with E-state index >= 15 is 0 Å². The van der Waals surface area contributed by atoms with Crippen LogP contribution in [0.4, 0.5) is 5.69 Å². The van der Waals surface area contributed by atoms with Crippen molar-refractivity contribution >= 4 is 21.6 Å². The van der Waals surface area contributed by atoms with Crippen LogP contribution in [0.3, 0.4) is 0 Å². The molecule has 0 saturated heterocycles. The summed E-state index contributed by atoms with van der Waals surface area (Å²) in [7, 11) is -1.21. The Labute approximate surface area is 223 Å². The fourth-order valence-electron chi connectivity index (χ4n) is 4.24. The minimum atomic E-state index is -4.14. The predicted molar refractivity (Wildman–Crippen MR) is 148 cm³/mol. The summed E-state index contributed by atoms with van der Waals surface area (Å²) < 4.78 is 39.6. The summed E-state index contributed by atoms with van der Waals surface area (Å²) in [6, 6.07) is 29.7. The number of hydrogen-bond acceptors (Lipinski definition) is 5. The molecule has 0 aromatic heterocycles. The molecule has 0 aliphatic heterocycles. The first-order valence-electron chi connectivity index (χ1n) is 12.0. The Morgan fingerprint density at radius 3 is 2.11 bits per heavy atom. The molecule has 1 atom stereocenters. The maximum atomic E-state index is 13.9. The molecular formula is C30H30N2O5S. The van der Waals surface area contributed by atoms with Crippen LogP contribution in [0.2, 0.25) is 0 Å². The number of nitrogens with one attached hydrogen (secondary N) is 1. The molecule has 0 spiro atoms. The van der Waals surface area contributed by atoms with E-state index in [1.807, 2.05) is 61.5 Å². The molecule has 7 nitrogen and oxygen atoms in total. The van der Waals surface area contributed by atoms with Gasteiger partial charge >= 0.3 is 0 Å². The highest BCUT2D eigenvalue weighted by Crippen LogP contribution is 2.36. The van der Waals surface area contributed by atoms with Gasteiger partial charge in [-0.25, -0.2) is 8.42 Å². The highest BCUT2D eigenvalue weighted by Gasteiger charge is 2.31. The molecule has 0 aliphatic carbocycles. The van der Waals surface area contributed by atoms with Crippen molar-refractivity contribution in [2.75, 3.05) is 25.1 Å². The van der Waals surface area contributed by atoms with Crippen LogP contribution in [-0.4, -0.2) is 35.1 Å². The third-order valence-electron chi connectivity index (χ3n) is 6.21. The highest BCUT2D eigenvalue weighted by atomic mass is 32.2. The molecule has 4 rings (SSSR count). The molecule has 1 N–H and O–H groups in total. The van der Waals surface area contributed by atoms with Crippen molar-refractivity contribution in [1.82, 2.24) is 5.32 Å². The Morgan fingerprint density at radius 2 is 1.47 bits per heavy atom. The third-order valence-corrected chi connectivity index (χ3v) is 7.98. The molecule has 1 unspecified atom stereocenters. The summed E-state index contributed by atoms with van der Waals surface area (Å²) in [5.41, 5.74) is 3.00. The van der Waals surface area contributed by atoms with Crippen LogP contribution in [0.25, 0.3) is 0 Å². The van der Waals surface area contributed by atoms with Crippen LogP contribution < -0.4 is 19.1 Å². The number of anilines is 1. The van der Waals surface area contributed by atoms with Crippen LogP contribution in [0, 0.1) is 6.92 Å². The molecule has 0 aliphatic rings. The Hall–Kier alpha value is -4.30. The molecule has 0 radical (unpaired) electrons. The number of aryl methyl sites for hydroxylation is 1. The second-order valence-corrected chi connectivity index (χ2v) is 10.5. The Morgan fingerprint density at radius 1 is 0.842 bits per heavy atom. The fourth-order valence-corrected chi connectivity index (χ4v) is 5.69. The summed E-state index contributed by atoms with van der Waals surface area (Å²) in [5, 5.41) is 3.06. The summed E-state index contributed by atoms with van der Waals surface area (Å²) in [6.07, 6.45) is 0. The van der Waals surface area contributed by atoms with Gasteiger partial charge in [0.05, 0.1) is 30.8 Å². The number of benzene rings is 4. The van der Waals surface area contributed by atoms with Crippen LogP contribution >= 0.6 is 0 Å². The number of carbonyl (C=O) groups excluding carboxylic acids is 1. The van der Waals surface area contributed by atoms with Crippen molar-refractivity contribution in [3.05, 3.63) is 120 Å². The quantitative estimate of drug-likeness (QED) is 0.308. The second-order valence-electron chi connectivity index (χ2n) is 8.63. The van der Waals surface area contributed by atoms with Crippen molar-refractivity contribution in [2.24, 2.45) is 0 Å². The number of sulfonamides is 1. The smallest absolute Gasteiger partial charge is 0.264 e. The highest BCUT2D eigenvalue weighted by molar-refractivity contribution is 7.92. The number of amides is 1. The van der Waals surface area contributed by atoms with Crippen molar-refractivity contribution < 1.29 is 22.7 Å². The van der Waals surface area contributed by atoms with Gasteiger partial charge in [-0.05, 0) is 47.9 Å². The van der Waals surface area contributed by atoms with E-state index in [-0.39, 0.29) is 16.3 Å². The standard InChI is InChI=1S/C30H30N2O5S/c1-22-12-10-11-17-26(22)30(23-13-6-4-7-14-23)31-29(33)21-32(38(34,35)25-15-8-5-9-16-25)27-20-24(36-2)18-19-28(27)37-3/h4-20,30H,21H2,1-3H3,(H,31,33). The number of carbonyl (C=O) groups is 1. The van der Waals surface area contributed by atoms with Crippen molar-refractivity contribution in [3.63, 3.8) is 0 Å². The Bertz CT molecular complexity index is 1490. The maximum Gasteiger partial charge on any atom is 0.264 e. The molecule has 0 heterocycles. The predicted octanol–water partition coefficient (Wildman–Crippen LogP) is 5.11. The SMILES string of the molecule is COc1ccc(OC)c(N(CC(=O)NC(c2ccccc2)c2ccccc2C)S(=O)(=O)c2ccccc2)c1. The van der Waals surface area contributed by atoms with Gasteiger partial charge in [0.25, 0.3) is 10.0 Å². The molecule has 0 saturated carbocycles. The minimum Gasteiger partial charge on any atom is -0.497 e. The monoisotopic (exact) mass is 530 g/mol. The van der Waals surface area contributed by atoms with Crippen molar-refractivity contribution in [1.29, 1.82) is 0 Å². The topological polar surface area (TPSA) is 84.9 Å². The van der Waals surface area contributed by atoms with Crippen LogP contribution in [0.15, 0.2) is 108 Å². The van der Waals surface area contributed by atoms with E-state index in [0.717, 1.165) is 21.0 Å². The largest absolute Gasteiger partial charge is 0.497 e. The summed E-state index contributed by atoms with van der Waals surface area (Å²) in [5.74, 6) is 0.236. The Balaban J connectivity index is 1.76. The van der Waals surface area contributed by atoms with Crippen LogP contribution in [0.1, 0.15) is 22.7 Å². The second kappa shape index (κ2) is 11.8. The summed E-state index contributed by atoms with van der Waals surface area (Å²) >= 11 is 0. The van der Waals surface area contributed by atoms with Gasteiger partial charge in [0.2, 0.25) is 5.91 Å². The lowest BCUT2D eigenvalue weighted by Gasteiger charge is -2.28. The van der Waals surface area contributed by atoms with Gasteiger partial charge in [-0.2, -0.15) is 0 Å². The average Bonchev–Trinajstić information content (AvgIpc) is 2.95. The van der Waals surface area contributed by atoms with Gasteiger partial charge in [-0.1, -0.05) is 72.8 Å². The zero-order valence-electron chi connectivity index (χ0n) is 21.5. The molecule has 4 aromatic rings. The zero-order valence-corrected chi connectivity index (χ0v) is 22.3. The van der Waals surface area contributed by atoms with E-state index in [9.17, 15) is 13.2 Å². The first-order chi connectivity index (χ1) is 18.3. The molecule has 4 aromatic carbocycles. The fraction of sp³-hybridized carbons (Fsp3) is 0.167. The van der Waals surface area contributed by atoms with Crippen LogP contribution in [-0.2, 0) is 14.8 Å². The molecule has 196 valence electrons. The minimum absolute atomic E-state index is 0.0520. The molecule has 8 heteroatoms. The lowest BCUT2D eigenvalue weighted by molar-refractivity contribution is -0.120. The van der Waals surface area contributed by atoms with Crippen molar-refractivity contribution in [3.8, 4) is 11.5 Å². The lowest BCUT2D eigenvalue weighted by Crippen LogP contribution is -2.42. The average molecular weight is 531 g/mol. The zero-order chi connectivity index (χ0) is 27.1. The van der Waals surface area contributed by atoms with Gasteiger partial charge in [0.15, 0.2) is 0 Å². The molecule has 0 fully saturated rings. The molecule has 0 bridgehead atoms. The van der Waals surface area contributed by atoms with E-state index in [1.54, 1.807) is 36.4 Å². The van der Waals surface area contributed by atoms with Gasteiger partial charge in [-0.15, -0.1) is 0 Å². The van der Waals surface area contributed by atoms with Crippen molar-refractivity contribution in [2.45, 2.75) is 17.9 Å². The van der Waals surface area contributed by atoms with E-state index < -0.39 is 28.5 Å². The Kier molecular flexibility index (Phi) is 8.33. The number of ether oxygens (including phenoxy) is 2. The normalized spacial score (nSPS) is 11.9. The van der Waals surface area contributed by atoms with Crippen LogP contribution in [0.5, 0.6) is 11.5 Å². The van der Waals surface area contributed by atoms with Gasteiger partial charge in [0, 0.05) is 6.07 Å². The van der Waals surface area contributed by atoms with E-state index in [0.29, 0.717) is 5.75 Å². The number of methoxy groups -OCH3 is 2. The number of rotatable bonds is 10. The van der Waals surface area contributed by atoms with E-state index in [2.05, 4.69) is 5.32 Å². The molecule has 1 amide bonds. The maximum absolute atomic E-state index is 13.9. The number of hydrogen-bond donors (Lipinski definition) is 1. The first-order valence-corrected chi connectivity index (χ1v) is 13.5. The summed E-state index contributed by atoms with van der Waals surface area (Å²) in [4.78, 5) is 13.7. The third kappa shape index (κ3) is 5.81. The van der Waals surface area contributed by atoms with Gasteiger partial charge in [-0.3, -0.25) is 9.10 Å². The first kappa shape index (κ1) is 26.8. The summed E-state index contributed by atoms with van der Waals surface area (Å²) in [6.45, 7) is 1.50. The molecule has 38 heavy (non-hydrogen) atoms.